The van der Waals surface area contributed by atoms with Crippen LogP contribution in [0.1, 0.15) is 18.1 Å². The molecule has 0 radical (unpaired) electrons. The highest BCUT2D eigenvalue weighted by atomic mass is 16.3. The molecule has 0 bridgehead atoms. The Morgan fingerprint density at radius 2 is 1.83 bits per heavy atom. The summed E-state index contributed by atoms with van der Waals surface area (Å²) in [5, 5.41) is 11.9. The van der Waals surface area contributed by atoms with Crippen LogP contribution in [0.25, 0.3) is 10.8 Å². The van der Waals surface area contributed by atoms with Crippen molar-refractivity contribution in [2.75, 3.05) is 13.2 Å². The maximum Gasteiger partial charge on any atom is 0.0468 e. The lowest BCUT2D eigenvalue weighted by Gasteiger charge is -2.26. The summed E-state index contributed by atoms with van der Waals surface area (Å²) >= 11 is 0. The van der Waals surface area contributed by atoms with Gasteiger partial charge in [0, 0.05) is 44.0 Å². The number of rotatable bonds is 7. The monoisotopic (exact) mass is 320 g/mol. The van der Waals surface area contributed by atoms with E-state index in [0.29, 0.717) is 0 Å². The summed E-state index contributed by atoms with van der Waals surface area (Å²) in [6.45, 7) is 4.91. The molecular formula is C21H24N2O. The molecule has 1 aromatic heterocycles. The van der Waals surface area contributed by atoms with Gasteiger partial charge in [-0.2, -0.15) is 0 Å². The molecule has 3 heteroatoms. The van der Waals surface area contributed by atoms with Gasteiger partial charge in [0.2, 0.25) is 0 Å². The molecule has 0 aliphatic carbocycles. The third-order valence-corrected chi connectivity index (χ3v) is 4.30. The number of fused-ring (bicyclic) bond motifs is 1. The van der Waals surface area contributed by atoms with E-state index < -0.39 is 0 Å². The predicted molar refractivity (Wildman–Crippen MR) is 98.5 cm³/mol. The van der Waals surface area contributed by atoms with Crippen LogP contribution >= 0.6 is 0 Å². The Morgan fingerprint density at radius 3 is 2.62 bits per heavy atom. The summed E-state index contributed by atoms with van der Waals surface area (Å²) < 4.78 is 0. The van der Waals surface area contributed by atoms with E-state index in [4.69, 9.17) is 0 Å². The standard InChI is InChI=1S/C21H24N2O/c1-17(16-24)13-23(14-18-6-3-2-4-7-18)15-20-9-5-8-19-12-22-11-10-21(19)20/h2-12,17,24H,13-16H2,1H3. The van der Waals surface area contributed by atoms with E-state index >= 15 is 0 Å². The number of hydrogen-bond acceptors (Lipinski definition) is 3. The van der Waals surface area contributed by atoms with Crippen molar-refractivity contribution in [2.45, 2.75) is 20.0 Å². The first kappa shape index (κ1) is 16.6. The van der Waals surface area contributed by atoms with Crippen molar-refractivity contribution in [3.63, 3.8) is 0 Å². The first-order valence-corrected chi connectivity index (χ1v) is 8.45. The van der Waals surface area contributed by atoms with Crippen LogP contribution in [0.2, 0.25) is 0 Å². The molecule has 0 aliphatic heterocycles. The molecular weight excluding hydrogens is 296 g/mol. The molecule has 0 saturated carbocycles. The average molecular weight is 320 g/mol. The summed E-state index contributed by atoms with van der Waals surface area (Å²) in [5.74, 6) is 0.255. The average Bonchev–Trinajstić information content (AvgIpc) is 2.62. The number of hydrogen-bond donors (Lipinski definition) is 1. The van der Waals surface area contributed by atoms with E-state index in [9.17, 15) is 5.11 Å². The zero-order valence-corrected chi connectivity index (χ0v) is 14.1. The second-order valence-corrected chi connectivity index (χ2v) is 6.46. The van der Waals surface area contributed by atoms with Crippen LogP contribution < -0.4 is 0 Å². The quantitative estimate of drug-likeness (QED) is 0.718. The minimum atomic E-state index is 0.213. The largest absolute Gasteiger partial charge is 0.396 e. The number of aromatic nitrogens is 1. The first-order valence-electron chi connectivity index (χ1n) is 8.45. The molecule has 0 aliphatic rings. The van der Waals surface area contributed by atoms with E-state index in [2.05, 4.69) is 65.3 Å². The molecule has 0 saturated heterocycles. The summed E-state index contributed by atoms with van der Waals surface area (Å²) in [6.07, 6.45) is 3.76. The van der Waals surface area contributed by atoms with Gasteiger partial charge in [-0.05, 0) is 28.5 Å². The van der Waals surface area contributed by atoms with Crippen molar-refractivity contribution in [1.29, 1.82) is 0 Å². The maximum absolute atomic E-state index is 9.45. The van der Waals surface area contributed by atoms with Gasteiger partial charge in [-0.3, -0.25) is 9.88 Å². The van der Waals surface area contributed by atoms with Crippen LogP contribution in [0.4, 0.5) is 0 Å². The molecule has 0 amide bonds. The first-order chi connectivity index (χ1) is 11.8. The van der Waals surface area contributed by atoms with E-state index in [1.165, 1.54) is 21.9 Å². The fourth-order valence-electron chi connectivity index (χ4n) is 3.09. The maximum atomic E-state index is 9.45. The molecule has 0 spiro atoms. The van der Waals surface area contributed by atoms with Gasteiger partial charge in [0.25, 0.3) is 0 Å². The highest BCUT2D eigenvalue weighted by molar-refractivity contribution is 5.84. The smallest absolute Gasteiger partial charge is 0.0468 e. The van der Waals surface area contributed by atoms with Gasteiger partial charge in [0.1, 0.15) is 0 Å². The summed E-state index contributed by atoms with van der Waals surface area (Å²) in [4.78, 5) is 6.62. The molecule has 1 atom stereocenters. The molecule has 1 unspecified atom stereocenters. The third-order valence-electron chi connectivity index (χ3n) is 4.30. The number of nitrogens with zero attached hydrogens (tertiary/aromatic N) is 2. The topological polar surface area (TPSA) is 36.4 Å². The van der Waals surface area contributed by atoms with Gasteiger partial charge < -0.3 is 5.11 Å². The van der Waals surface area contributed by atoms with Crippen LogP contribution in [0.5, 0.6) is 0 Å². The van der Waals surface area contributed by atoms with Crippen molar-refractivity contribution >= 4 is 10.8 Å². The molecule has 3 nitrogen and oxygen atoms in total. The Bertz CT molecular complexity index is 768. The molecule has 3 rings (SSSR count). The number of aliphatic hydroxyl groups excluding tert-OH is 1. The molecule has 2 aromatic carbocycles. The van der Waals surface area contributed by atoms with E-state index in [1.54, 1.807) is 0 Å². The fraction of sp³-hybridized carbons (Fsp3) is 0.286. The molecule has 24 heavy (non-hydrogen) atoms. The normalized spacial score (nSPS) is 12.6. The van der Waals surface area contributed by atoms with E-state index in [-0.39, 0.29) is 12.5 Å². The minimum absolute atomic E-state index is 0.213. The Labute approximate surface area is 143 Å². The summed E-state index contributed by atoms with van der Waals surface area (Å²) in [6, 6.07) is 19.0. The molecule has 1 N–H and O–H groups in total. The minimum Gasteiger partial charge on any atom is -0.396 e. The number of aliphatic hydroxyl groups is 1. The zero-order chi connectivity index (χ0) is 16.8. The third kappa shape index (κ3) is 4.19. The Hall–Kier alpha value is -2.23. The van der Waals surface area contributed by atoms with Crippen molar-refractivity contribution < 1.29 is 5.11 Å². The van der Waals surface area contributed by atoms with Crippen molar-refractivity contribution in [1.82, 2.24) is 9.88 Å². The van der Waals surface area contributed by atoms with Crippen LogP contribution in [0, 0.1) is 5.92 Å². The predicted octanol–water partition coefficient (Wildman–Crippen LogP) is 3.87. The highest BCUT2D eigenvalue weighted by Crippen LogP contribution is 2.20. The van der Waals surface area contributed by atoms with Crippen molar-refractivity contribution in [3.05, 3.63) is 78.1 Å². The van der Waals surface area contributed by atoms with Crippen LogP contribution in [0.15, 0.2) is 67.0 Å². The van der Waals surface area contributed by atoms with Crippen LogP contribution in [-0.2, 0) is 13.1 Å². The van der Waals surface area contributed by atoms with Crippen molar-refractivity contribution in [2.24, 2.45) is 5.92 Å². The number of benzene rings is 2. The Balaban J connectivity index is 1.84. The highest BCUT2D eigenvalue weighted by Gasteiger charge is 2.12. The van der Waals surface area contributed by atoms with E-state index in [1.807, 2.05) is 18.5 Å². The van der Waals surface area contributed by atoms with Gasteiger partial charge in [0.05, 0.1) is 0 Å². The lowest BCUT2D eigenvalue weighted by Crippen LogP contribution is -2.29. The molecule has 1 heterocycles. The lowest BCUT2D eigenvalue weighted by atomic mass is 10.0. The molecule has 3 aromatic rings. The van der Waals surface area contributed by atoms with Crippen LogP contribution in [-0.4, -0.2) is 28.1 Å². The Kier molecular flexibility index (Phi) is 5.57. The zero-order valence-electron chi connectivity index (χ0n) is 14.1. The summed E-state index contributed by atoms with van der Waals surface area (Å²) in [7, 11) is 0. The van der Waals surface area contributed by atoms with Gasteiger partial charge in [0.15, 0.2) is 0 Å². The van der Waals surface area contributed by atoms with Crippen LogP contribution in [0.3, 0.4) is 0 Å². The second-order valence-electron chi connectivity index (χ2n) is 6.46. The van der Waals surface area contributed by atoms with E-state index in [0.717, 1.165) is 19.6 Å². The lowest BCUT2D eigenvalue weighted by molar-refractivity contribution is 0.163. The second kappa shape index (κ2) is 8.04. The van der Waals surface area contributed by atoms with Gasteiger partial charge in [-0.15, -0.1) is 0 Å². The van der Waals surface area contributed by atoms with Gasteiger partial charge in [-0.25, -0.2) is 0 Å². The van der Waals surface area contributed by atoms with Gasteiger partial charge in [-0.1, -0.05) is 55.5 Å². The number of pyridine rings is 1. The molecule has 124 valence electrons. The Morgan fingerprint density at radius 1 is 1.00 bits per heavy atom. The SMILES string of the molecule is CC(CO)CN(Cc1ccccc1)Cc1cccc2cnccc12. The van der Waals surface area contributed by atoms with Crippen molar-refractivity contribution in [3.8, 4) is 0 Å². The molecule has 0 fully saturated rings. The van der Waals surface area contributed by atoms with Gasteiger partial charge >= 0.3 is 0 Å². The summed E-state index contributed by atoms with van der Waals surface area (Å²) in [5.41, 5.74) is 2.60. The fourth-order valence-corrected chi connectivity index (χ4v) is 3.09.